The Morgan fingerprint density at radius 1 is 1.56 bits per heavy atom. The molecule has 0 aliphatic heterocycles. The molecular weight excluding hydrogens is 240 g/mol. The minimum absolute atomic E-state index is 0.0626. The number of hydrogen-bond donors (Lipinski definition) is 4. The van der Waals surface area contributed by atoms with Crippen molar-refractivity contribution in [2.24, 2.45) is 5.73 Å². The van der Waals surface area contributed by atoms with E-state index in [0.717, 1.165) is 5.69 Å². The summed E-state index contributed by atoms with van der Waals surface area (Å²) >= 11 is 0. The molecule has 0 spiro atoms. The van der Waals surface area contributed by atoms with Gasteiger partial charge in [-0.15, -0.1) is 0 Å². The number of hydrogen-bond acceptors (Lipinski definition) is 4. The fourth-order valence-corrected chi connectivity index (χ4v) is 1.38. The van der Waals surface area contributed by atoms with E-state index in [2.05, 4.69) is 15.5 Å². The number of nitrogens with one attached hydrogen (secondary N) is 2. The molecule has 0 saturated carbocycles. The van der Waals surface area contributed by atoms with Crippen molar-refractivity contribution in [3.05, 3.63) is 17.5 Å². The number of amides is 2. The second kappa shape index (κ2) is 5.80. The number of aryl methyl sites for hydroxylation is 1. The van der Waals surface area contributed by atoms with E-state index < -0.39 is 30.2 Å². The molecule has 2 amide bonds. The second-order valence-electron chi connectivity index (χ2n) is 3.85. The van der Waals surface area contributed by atoms with Gasteiger partial charge in [0.05, 0.1) is 18.5 Å². The van der Waals surface area contributed by atoms with Crippen molar-refractivity contribution in [1.82, 2.24) is 15.5 Å². The van der Waals surface area contributed by atoms with Crippen molar-refractivity contribution < 1.29 is 19.5 Å². The molecular formula is C10H14N4O4. The largest absolute Gasteiger partial charge is 0.480 e. The summed E-state index contributed by atoms with van der Waals surface area (Å²) in [6.07, 6.45) is -0.506. The summed E-state index contributed by atoms with van der Waals surface area (Å²) in [7, 11) is 0. The molecule has 5 N–H and O–H groups in total. The summed E-state index contributed by atoms with van der Waals surface area (Å²) in [6, 6.07) is 0.360. The maximum Gasteiger partial charge on any atom is 0.326 e. The first-order chi connectivity index (χ1) is 8.38. The van der Waals surface area contributed by atoms with Gasteiger partial charge in [-0.2, -0.15) is 5.10 Å². The Balaban J connectivity index is 2.56. The van der Waals surface area contributed by atoms with E-state index in [4.69, 9.17) is 10.8 Å². The summed E-state index contributed by atoms with van der Waals surface area (Å²) in [5.74, 6) is -2.63. The number of rotatable bonds is 6. The highest BCUT2D eigenvalue weighted by atomic mass is 16.4. The summed E-state index contributed by atoms with van der Waals surface area (Å²) < 4.78 is 0. The van der Waals surface area contributed by atoms with E-state index in [0.29, 0.717) is 5.69 Å². The van der Waals surface area contributed by atoms with Gasteiger partial charge in [0.15, 0.2) is 0 Å². The lowest BCUT2D eigenvalue weighted by atomic mass is 10.2. The highest BCUT2D eigenvalue weighted by molar-refractivity contribution is 5.88. The number of nitrogens with two attached hydrogens (primary N) is 1. The number of carboxylic acids is 1. The Hall–Kier alpha value is -2.38. The molecule has 0 saturated heterocycles. The molecule has 1 rings (SSSR count). The lowest BCUT2D eigenvalue weighted by Crippen LogP contribution is -2.43. The normalized spacial score (nSPS) is 11.8. The lowest BCUT2D eigenvalue weighted by molar-refractivity contribution is -0.143. The van der Waals surface area contributed by atoms with E-state index in [9.17, 15) is 14.4 Å². The highest BCUT2D eigenvalue weighted by Gasteiger charge is 2.22. The molecule has 0 radical (unpaired) electrons. The number of primary amides is 1. The first kappa shape index (κ1) is 13.7. The molecule has 8 nitrogen and oxygen atoms in total. The van der Waals surface area contributed by atoms with Gasteiger partial charge in [0.2, 0.25) is 11.8 Å². The van der Waals surface area contributed by atoms with Crippen LogP contribution in [-0.2, 0) is 20.8 Å². The van der Waals surface area contributed by atoms with Crippen LogP contribution in [0.4, 0.5) is 0 Å². The van der Waals surface area contributed by atoms with Crippen LogP contribution in [0, 0.1) is 6.92 Å². The minimum Gasteiger partial charge on any atom is -0.480 e. The number of aliphatic carboxylic acids is 1. The first-order valence-electron chi connectivity index (χ1n) is 5.20. The van der Waals surface area contributed by atoms with Gasteiger partial charge in [-0.1, -0.05) is 0 Å². The van der Waals surface area contributed by atoms with Gasteiger partial charge in [-0.3, -0.25) is 14.7 Å². The lowest BCUT2D eigenvalue weighted by Gasteiger charge is -2.11. The third kappa shape index (κ3) is 4.24. The molecule has 0 unspecified atom stereocenters. The predicted molar refractivity (Wildman–Crippen MR) is 60.4 cm³/mol. The fraction of sp³-hybridized carbons (Fsp3) is 0.400. The van der Waals surface area contributed by atoms with Crippen LogP contribution in [0.15, 0.2) is 6.07 Å². The maximum atomic E-state index is 11.5. The average Bonchev–Trinajstić information content (AvgIpc) is 2.62. The molecule has 0 aliphatic rings. The van der Waals surface area contributed by atoms with Crippen LogP contribution in [0.25, 0.3) is 0 Å². The number of carbonyl (C=O) groups is 3. The summed E-state index contributed by atoms with van der Waals surface area (Å²) in [5.41, 5.74) is 6.18. The van der Waals surface area contributed by atoms with E-state index >= 15 is 0 Å². The third-order valence-electron chi connectivity index (χ3n) is 2.14. The van der Waals surface area contributed by atoms with Crippen molar-refractivity contribution in [2.75, 3.05) is 0 Å². The molecule has 0 fully saturated rings. The van der Waals surface area contributed by atoms with Crippen LogP contribution in [0.1, 0.15) is 17.8 Å². The second-order valence-corrected chi connectivity index (χ2v) is 3.85. The number of H-pyrrole nitrogens is 1. The van der Waals surface area contributed by atoms with Gasteiger partial charge in [-0.05, 0) is 13.0 Å². The third-order valence-corrected chi connectivity index (χ3v) is 2.14. The SMILES string of the molecule is Cc1cc(CC(=O)N[C@@H](CC(N)=O)C(=O)O)n[nH]1. The summed E-state index contributed by atoms with van der Waals surface area (Å²) in [4.78, 5) is 33.0. The predicted octanol–water partition coefficient (Wildman–Crippen LogP) is -1.29. The molecule has 0 aromatic carbocycles. The number of carbonyl (C=O) groups excluding carboxylic acids is 2. The van der Waals surface area contributed by atoms with Gasteiger partial charge in [0, 0.05) is 5.69 Å². The molecule has 1 aromatic rings. The average molecular weight is 254 g/mol. The zero-order chi connectivity index (χ0) is 13.7. The van der Waals surface area contributed by atoms with Crippen LogP contribution in [0.3, 0.4) is 0 Å². The standard InChI is InChI=1S/C10H14N4O4/c1-5-2-6(14-13-5)3-9(16)12-7(10(17)18)4-8(11)15/h2,7H,3-4H2,1H3,(H2,11,15)(H,12,16)(H,13,14)(H,17,18)/t7-/m0/s1. The van der Waals surface area contributed by atoms with Crippen molar-refractivity contribution >= 4 is 17.8 Å². The molecule has 98 valence electrons. The Kier molecular flexibility index (Phi) is 4.41. The van der Waals surface area contributed by atoms with Gasteiger partial charge >= 0.3 is 5.97 Å². The van der Waals surface area contributed by atoms with Crippen molar-refractivity contribution in [2.45, 2.75) is 25.8 Å². The molecule has 1 heterocycles. The molecule has 18 heavy (non-hydrogen) atoms. The number of nitrogens with zero attached hydrogens (tertiary/aromatic N) is 1. The van der Waals surface area contributed by atoms with Crippen LogP contribution in [-0.4, -0.2) is 39.1 Å². The van der Waals surface area contributed by atoms with Crippen molar-refractivity contribution in [1.29, 1.82) is 0 Å². The molecule has 0 aliphatic carbocycles. The number of aromatic amines is 1. The molecule has 8 heteroatoms. The van der Waals surface area contributed by atoms with Crippen LogP contribution in [0.2, 0.25) is 0 Å². The van der Waals surface area contributed by atoms with E-state index in [1.807, 2.05) is 0 Å². The van der Waals surface area contributed by atoms with E-state index in [1.54, 1.807) is 13.0 Å². The Bertz CT molecular complexity index is 468. The summed E-state index contributed by atoms with van der Waals surface area (Å²) in [6.45, 7) is 1.78. The quantitative estimate of drug-likeness (QED) is 0.500. The van der Waals surface area contributed by atoms with Crippen molar-refractivity contribution in [3.63, 3.8) is 0 Å². The van der Waals surface area contributed by atoms with Gasteiger partial charge in [0.25, 0.3) is 0 Å². The van der Waals surface area contributed by atoms with Gasteiger partial charge in [-0.25, -0.2) is 4.79 Å². The Morgan fingerprint density at radius 3 is 2.67 bits per heavy atom. The minimum atomic E-state index is -1.31. The maximum absolute atomic E-state index is 11.5. The van der Waals surface area contributed by atoms with Crippen LogP contribution in [0.5, 0.6) is 0 Å². The number of aromatic nitrogens is 2. The zero-order valence-electron chi connectivity index (χ0n) is 9.77. The van der Waals surface area contributed by atoms with Gasteiger partial charge < -0.3 is 16.2 Å². The van der Waals surface area contributed by atoms with Gasteiger partial charge in [0.1, 0.15) is 6.04 Å². The van der Waals surface area contributed by atoms with Crippen molar-refractivity contribution in [3.8, 4) is 0 Å². The van der Waals surface area contributed by atoms with Crippen LogP contribution < -0.4 is 11.1 Å². The number of carboxylic acid groups (broad SMARTS) is 1. The van der Waals surface area contributed by atoms with E-state index in [-0.39, 0.29) is 6.42 Å². The molecule has 1 atom stereocenters. The monoisotopic (exact) mass is 254 g/mol. The first-order valence-corrected chi connectivity index (χ1v) is 5.20. The Labute approximate surface area is 103 Å². The highest BCUT2D eigenvalue weighted by Crippen LogP contribution is 2.00. The van der Waals surface area contributed by atoms with E-state index in [1.165, 1.54) is 0 Å². The smallest absolute Gasteiger partial charge is 0.326 e. The fourth-order valence-electron chi connectivity index (χ4n) is 1.38. The topological polar surface area (TPSA) is 138 Å². The molecule has 0 bridgehead atoms. The zero-order valence-corrected chi connectivity index (χ0v) is 9.77. The summed E-state index contributed by atoms with van der Waals surface area (Å²) in [5, 5.41) is 17.5. The van der Waals surface area contributed by atoms with Crippen LogP contribution >= 0.6 is 0 Å². The molecule has 1 aromatic heterocycles. The Morgan fingerprint density at radius 2 is 2.22 bits per heavy atom.